The largest absolute Gasteiger partial charge is 0.274 e. The van der Waals surface area contributed by atoms with Crippen LogP contribution < -0.4 is 0 Å². The topological polar surface area (TPSA) is 32.7 Å². The number of rotatable bonds is 2. The molecule has 1 atom stereocenters. The Kier molecular flexibility index (Phi) is 4.69. The Morgan fingerprint density at radius 1 is 1.13 bits per heavy atom. The summed E-state index contributed by atoms with van der Waals surface area (Å²) in [6.07, 6.45) is 0.856. The van der Waals surface area contributed by atoms with Crippen LogP contribution in [0.25, 0.3) is 0 Å². The second kappa shape index (κ2) is 6.73. The van der Waals surface area contributed by atoms with Crippen LogP contribution in [0.1, 0.15) is 29.3 Å². The van der Waals surface area contributed by atoms with E-state index in [2.05, 4.69) is 12.0 Å². The molecule has 0 N–H and O–H groups in total. The van der Waals surface area contributed by atoms with E-state index in [4.69, 9.17) is 23.2 Å². The molecule has 1 aliphatic heterocycles. The van der Waals surface area contributed by atoms with Crippen molar-refractivity contribution in [3.63, 3.8) is 0 Å². The summed E-state index contributed by atoms with van der Waals surface area (Å²) in [5.74, 6) is 0.179. The minimum atomic E-state index is -0.163. The Labute approximate surface area is 145 Å². The molecular formula is C18H16Cl2N2O. The summed E-state index contributed by atoms with van der Waals surface area (Å²) >= 11 is 11.9. The molecule has 0 aliphatic carbocycles. The van der Waals surface area contributed by atoms with Gasteiger partial charge in [0.2, 0.25) is 0 Å². The number of amides is 1. The van der Waals surface area contributed by atoms with Gasteiger partial charge in [0.05, 0.1) is 15.8 Å². The van der Waals surface area contributed by atoms with Crippen molar-refractivity contribution in [1.82, 2.24) is 5.01 Å². The number of carbonyl (C=O) groups excluding carboxylic acids is 1. The van der Waals surface area contributed by atoms with E-state index in [1.54, 1.807) is 18.2 Å². The summed E-state index contributed by atoms with van der Waals surface area (Å²) in [5.41, 5.74) is 2.47. The molecule has 0 aromatic heterocycles. The molecule has 2 aromatic carbocycles. The number of nitrogens with zero attached hydrogens (tertiary/aromatic N) is 2. The molecule has 1 heterocycles. The Hall–Kier alpha value is -1.84. The van der Waals surface area contributed by atoms with Crippen LogP contribution in [0, 0.1) is 5.92 Å². The SMILES string of the molecule is C[C@H]1CC(c2ccccc2)=NN(C(=O)c2ccc(Cl)c(Cl)c2)C1. The van der Waals surface area contributed by atoms with E-state index in [-0.39, 0.29) is 5.91 Å². The molecule has 3 nitrogen and oxygen atoms in total. The number of hydrogen-bond acceptors (Lipinski definition) is 2. The molecule has 3 rings (SSSR count). The molecule has 0 unspecified atom stereocenters. The minimum absolute atomic E-state index is 0.163. The van der Waals surface area contributed by atoms with Crippen LogP contribution in [0.15, 0.2) is 53.6 Å². The standard InChI is InChI=1S/C18H16Cl2N2O/c1-12-9-17(13-5-3-2-4-6-13)21-22(11-12)18(23)14-7-8-15(19)16(20)10-14/h2-8,10,12H,9,11H2,1H3/t12-/m0/s1. The summed E-state index contributed by atoms with van der Waals surface area (Å²) in [6, 6.07) is 14.8. The lowest BCUT2D eigenvalue weighted by Crippen LogP contribution is -2.36. The summed E-state index contributed by atoms with van der Waals surface area (Å²) in [5, 5.41) is 6.88. The summed E-state index contributed by atoms with van der Waals surface area (Å²) < 4.78 is 0. The van der Waals surface area contributed by atoms with E-state index in [1.807, 2.05) is 30.3 Å². The van der Waals surface area contributed by atoms with Crippen LogP contribution in [-0.4, -0.2) is 23.2 Å². The number of halogens is 2. The van der Waals surface area contributed by atoms with Crippen molar-refractivity contribution in [3.8, 4) is 0 Å². The van der Waals surface area contributed by atoms with Crippen molar-refractivity contribution in [2.75, 3.05) is 6.54 Å². The first kappa shape index (κ1) is 16.0. The smallest absolute Gasteiger partial charge is 0.267 e. The monoisotopic (exact) mass is 346 g/mol. The van der Waals surface area contributed by atoms with Gasteiger partial charge in [-0.1, -0.05) is 60.5 Å². The molecule has 1 amide bonds. The summed E-state index contributed by atoms with van der Waals surface area (Å²) in [7, 11) is 0. The highest BCUT2D eigenvalue weighted by atomic mass is 35.5. The van der Waals surface area contributed by atoms with Gasteiger partial charge < -0.3 is 0 Å². The summed E-state index contributed by atoms with van der Waals surface area (Å²) in [6.45, 7) is 2.71. The Bertz CT molecular complexity index is 759. The van der Waals surface area contributed by atoms with Crippen molar-refractivity contribution in [2.45, 2.75) is 13.3 Å². The van der Waals surface area contributed by atoms with Gasteiger partial charge in [0.1, 0.15) is 0 Å². The van der Waals surface area contributed by atoms with Crippen molar-refractivity contribution < 1.29 is 4.79 Å². The molecule has 5 heteroatoms. The van der Waals surface area contributed by atoms with Crippen LogP contribution >= 0.6 is 23.2 Å². The van der Waals surface area contributed by atoms with Gasteiger partial charge in [-0.25, -0.2) is 5.01 Å². The average molecular weight is 347 g/mol. The zero-order valence-electron chi connectivity index (χ0n) is 12.7. The van der Waals surface area contributed by atoms with E-state index in [0.717, 1.165) is 17.7 Å². The van der Waals surface area contributed by atoms with E-state index >= 15 is 0 Å². The number of hydrazone groups is 1. The van der Waals surface area contributed by atoms with Gasteiger partial charge in [-0.05, 0) is 36.1 Å². The lowest BCUT2D eigenvalue weighted by molar-refractivity contribution is 0.0727. The third-order valence-electron chi connectivity index (χ3n) is 3.78. The van der Waals surface area contributed by atoms with E-state index in [9.17, 15) is 4.79 Å². The predicted octanol–water partition coefficient (Wildman–Crippen LogP) is 4.88. The molecule has 0 saturated carbocycles. The zero-order chi connectivity index (χ0) is 16.4. The molecule has 1 aliphatic rings. The molecule has 0 spiro atoms. The van der Waals surface area contributed by atoms with Gasteiger partial charge in [0.25, 0.3) is 5.91 Å². The number of carbonyl (C=O) groups is 1. The molecule has 118 valence electrons. The zero-order valence-corrected chi connectivity index (χ0v) is 14.2. The van der Waals surface area contributed by atoms with Crippen LogP contribution in [-0.2, 0) is 0 Å². The average Bonchev–Trinajstić information content (AvgIpc) is 2.57. The maximum Gasteiger partial charge on any atom is 0.274 e. The molecule has 0 bridgehead atoms. The predicted molar refractivity (Wildman–Crippen MR) is 94.3 cm³/mol. The van der Waals surface area contributed by atoms with E-state index in [1.165, 1.54) is 5.01 Å². The highest BCUT2D eigenvalue weighted by molar-refractivity contribution is 6.42. The fourth-order valence-electron chi connectivity index (χ4n) is 2.63. The van der Waals surface area contributed by atoms with Crippen molar-refractivity contribution >= 4 is 34.8 Å². The van der Waals surface area contributed by atoms with Crippen molar-refractivity contribution in [2.24, 2.45) is 11.0 Å². The normalized spacial score (nSPS) is 17.8. The first-order chi connectivity index (χ1) is 11.0. The van der Waals surface area contributed by atoms with Crippen molar-refractivity contribution in [3.05, 3.63) is 69.7 Å². The first-order valence-corrected chi connectivity index (χ1v) is 8.20. The third-order valence-corrected chi connectivity index (χ3v) is 4.51. The molecule has 0 radical (unpaired) electrons. The lowest BCUT2D eigenvalue weighted by Gasteiger charge is -2.28. The van der Waals surface area contributed by atoms with Crippen LogP contribution in [0.2, 0.25) is 10.0 Å². The number of benzene rings is 2. The quantitative estimate of drug-likeness (QED) is 0.762. The van der Waals surface area contributed by atoms with Gasteiger partial charge in [0.15, 0.2) is 0 Å². The van der Waals surface area contributed by atoms with Gasteiger partial charge >= 0.3 is 0 Å². The highest BCUT2D eigenvalue weighted by Gasteiger charge is 2.25. The summed E-state index contributed by atoms with van der Waals surface area (Å²) in [4.78, 5) is 12.7. The maximum absolute atomic E-state index is 12.7. The Balaban J connectivity index is 1.91. The van der Waals surface area contributed by atoms with Crippen molar-refractivity contribution in [1.29, 1.82) is 0 Å². The van der Waals surface area contributed by atoms with Gasteiger partial charge in [0, 0.05) is 12.1 Å². The molecule has 0 fully saturated rings. The molecule has 23 heavy (non-hydrogen) atoms. The van der Waals surface area contributed by atoms with Gasteiger partial charge in [-0.3, -0.25) is 4.79 Å². The van der Waals surface area contributed by atoms with Gasteiger partial charge in [-0.15, -0.1) is 0 Å². The molecule has 2 aromatic rings. The molecule has 0 saturated heterocycles. The van der Waals surface area contributed by atoms with Gasteiger partial charge in [-0.2, -0.15) is 5.10 Å². The Morgan fingerprint density at radius 2 is 1.87 bits per heavy atom. The van der Waals surface area contributed by atoms with E-state index in [0.29, 0.717) is 28.1 Å². The second-order valence-corrected chi connectivity index (χ2v) is 6.55. The minimum Gasteiger partial charge on any atom is -0.267 e. The lowest BCUT2D eigenvalue weighted by atomic mass is 9.97. The highest BCUT2D eigenvalue weighted by Crippen LogP contribution is 2.25. The number of hydrogen-bond donors (Lipinski definition) is 0. The Morgan fingerprint density at radius 3 is 2.57 bits per heavy atom. The fraction of sp³-hybridized carbons (Fsp3) is 0.222. The second-order valence-electron chi connectivity index (χ2n) is 5.74. The maximum atomic E-state index is 12.7. The van der Waals surface area contributed by atoms with Crippen LogP contribution in [0.5, 0.6) is 0 Å². The van der Waals surface area contributed by atoms with Crippen LogP contribution in [0.4, 0.5) is 0 Å². The van der Waals surface area contributed by atoms with Crippen LogP contribution in [0.3, 0.4) is 0 Å². The molecular weight excluding hydrogens is 331 g/mol. The third kappa shape index (κ3) is 3.57. The van der Waals surface area contributed by atoms with E-state index < -0.39 is 0 Å². The fourth-order valence-corrected chi connectivity index (χ4v) is 2.93. The first-order valence-electron chi connectivity index (χ1n) is 7.44.